The van der Waals surface area contributed by atoms with E-state index < -0.39 is 17.9 Å². The summed E-state index contributed by atoms with van der Waals surface area (Å²) in [5.74, 6) is -1.55. The molecule has 210 valence electrons. The van der Waals surface area contributed by atoms with Crippen molar-refractivity contribution in [1.29, 1.82) is 0 Å². The first kappa shape index (κ1) is 28.4. The number of carbonyl (C=O) groups excluding carboxylic acids is 2. The van der Waals surface area contributed by atoms with Crippen LogP contribution in [0.1, 0.15) is 92.5 Å². The maximum atomic E-state index is 13.7. The highest BCUT2D eigenvalue weighted by Crippen LogP contribution is 2.28. The Morgan fingerprint density at radius 1 is 1.15 bits per heavy atom. The average molecular weight is 537 g/mol. The summed E-state index contributed by atoms with van der Waals surface area (Å²) in [6.45, 7) is 5.61. The molecular weight excluding hydrogens is 496 g/mol. The molecule has 2 aromatic heterocycles. The summed E-state index contributed by atoms with van der Waals surface area (Å²) in [7, 11) is 1.96. The summed E-state index contributed by atoms with van der Waals surface area (Å²) in [6, 6.07) is 7.44. The van der Waals surface area contributed by atoms with E-state index in [1.54, 1.807) is 6.92 Å². The Balaban J connectivity index is 1.58. The predicted molar refractivity (Wildman–Crippen MR) is 148 cm³/mol. The van der Waals surface area contributed by atoms with Crippen molar-refractivity contribution < 1.29 is 23.9 Å². The van der Waals surface area contributed by atoms with Crippen LogP contribution in [0.25, 0.3) is 10.9 Å². The number of carboxylic acid groups (broad SMARTS) is 1. The van der Waals surface area contributed by atoms with Crippen molar-refractivity contribution in [3.05, 3.63) is 53.4 Å². The molecule has 0 aliphatic heterocycles. The summed E-state index contributed by atoms with van der Waals surface area (Å²) in [5.41, 5.74) is 1.85. The van der Waals surface area contributed by atoms with Crippen LogP contribution in [-0.4, -0.2) is 38.5 Å². The number of oxazole rings is 1. The van der Waals surface area contributed by atoms with Crippen molar-refractivity contribution in [3.8, 4) is 0 Å². The van der Waals surface area contributed by atoms with E-state index in [1.807, 2.05) is 55.9 Å². The van der Waals surface area contributed by atoms with Crippen LogP contribution in [0.4, 0.5) is 0 Å². The fourth-order valence-corrected chi connectivity index (χ4v) is 5.67. The number of carboxylic acids is 1. The average Bonchev–Trinajstić information content (AvgIpc) is 3.43. The number of nitrogens with zero attached hydrogens (tertiary/aromatic N) is 2. The summed E-state index contributed by atoms with van der Waals surface area (Å²) in [4.78, 5) is 42.5. The smallest absolute Gasteiger partial charge is 0.358 e. The number of nitrogens with one attached hydrogen (secondary N) is 2. The molecule has 1 saturated carbocycles. The fraction of sp³-hybridized carbons (Fsp3) is 0.533. The minimum atomic E-state index is -1.19. The molecule has 39 heavy (non-hydrogen) atoms. The lowest BCUT2D eigenvalue weighted by Gasteiger charge is -2.25. The highest BCUT2D eigenvalue weighted by molar-refractivity contribution is 5.87. The maximum Gasteiger partial charge on any atom is 0.358 e. The number of fused-ring (bicyclic) bond motifs is 1. The van der Waals surface area contributed by atoms with Crippen LogP contribution in [0.2, 0.25) is 0 Å². The van der Waals surface area contributed by atoms with Gasteiger partial charge in [-0.25, -0.2) is 9.78 Å². The van der Waals surface area contributed by atoms with Gasteiger partial charge in [0.15, 0.2) is 5.69 Å². The molecule has 3 N–H and O–H groups in total. The molecule has 2 heterocycles. The van der Waals surface area contributed by atoms with Gasteiger partial charge in [0.1, 0.15) is 11.8 Å². The second kappa shape index (κ2) is 12.5. The zero-order valence-corrected chi connectivity index (χ0v) is 23.3. The number of para-hydroxylation sites is 1. The first-order valence-corrected chi connectivity index (χ1v) is 14.0. The lowest BCUT2D eigenvalue weighted by Crippen LogP contribution is -2.41. The van der Waals surface area contributed by atoms with Gasteiger partial charge in [0, 0.05) is 48.9 Å². The number of carbonyl (C=O) groups is 3. The molecule has 0 radical (unpaired) electrons. The Morgan fingerprint density at radius 3 is 2.54 bits per heavy atom. The predicted octanol–water partition coefficient (Wildman–Crippen LogP) is 5.07. The minimum Gasteiger partial charge on any atom is -0.476 e. The molecule has 4 rings (SSSR count). The largest absolute Gasteiger partial charge is 0.476 e. The summed E-state index contributed by atoms with van der Waals surface area (Å²) >= 11 is 0. The van der Waals surface area contributed by atoms with Crippen LogP contribution in [0, 0.1) is 18.8 Å². The molecule has 1 aliphatic rings. The third-order valence-electron chi connectivity index (χ3n) is 7.56. The van der Waals surface area contributed by atoms with Crippen molar-refractivity contribution >= 4 is 28.7 Å². The van der Waals surface area contributed by atoms with Crippen LogP contribution < -0.4 is 10.6 Å². The van der Waals surface area contributed by atoms with Gasteiger partial charge in [-0.2, -0.15) is 0 Å². The van der Waals surface area contributed by atoms with Crippen molar-refractivity contribution in [2.45, 2.75) is 84.2 Å². The molecule has 0 saturated heterocycles. The van der Waals surface area contributed by atoms with Crippen LogP contribution in [0.15, 0.2) is 34.9 Å². The maximum absolute atomic E-state index is 13.7. The van der Waals surface area contributed by atoms with E-state index in [0.29, 0.717) is 12.8 Å². The fourth-order valence-electron chi connectivity index (χ4n) is 5.67. The van der Waals surface area contributed by atoms with E-state index in [2.05, 4.69) is 15.6 Å². The molecule has 9 nitrogen and oxygen atoms in total. The number of amides is 2. The van der Waals surface area contributed by atoms with E-state index in [4.69, 9.17) is 4.42 Å². The third kappa shape index (κ3) is 7.07. The normalized spacial score (nSPS) is 15.8. The SMILES string of the molecule is Cc1oc([C@@H](Cc2cn(C)c3ccccc23)NC(=O)[C@@H](CC(=O)NC2CCCCC2)CC(C)C)nc1C(=O)O. The topological polar surface area (TPSA) is 126 Å². The molecule has 1 aromatic carbocycles. The van der Waals surface area contributed by atoms with Gasteiger partial charge in [0.25, 0.3) is 0 Å². The third-order valence-corrected chi connectivity index (χ3v) is 7.56. The summed E-state index contributed by atoms with van der Waals surface area (Å²) in [6.07, 6.45) is 8.41. The second-order valence-corrected chi connectivity index (χ2v) is 11.2. The van der Waals surface area contributed by atoms with Gasteiger partial charge in [-0.15, -0.1) is 0 Å². The molecule has 1 aliphatic carbocycles. The van der Waals surface area contributed by atoms with E-state index in [1.165, 1.54) is 6.42 Å². The quantitative estimate of drug-likeness (QED) is 0.314. The van der Waals surface area contributed by atoms with Crippen LogP contribution >= 0.6 is 0 Å². The Labute approximate surface area is 229 Å². The van der Waals surface area contributed by atoms with Crippen LogP contribution in [-0.2, 0) is 23.1 Å². The Bertz CT molecular complexity index is 1320. The molecule has 0 bridgehead atoms. The van der Waals surface area contributed by atoms with Crippen molar-refractivity contribution in [1.82, 2.24) is 20.2 Å². The Hall–Kier alpha value is -3.62. The standard InChI is InChI=1S/C30H40N4O5/c1-18(2)14-20(16-26(35)31-22-10-6-5-7-11-22)28(36)32-24(29-33-27(30(37)38)19(3)39-29)15-21-17-34(4)25-13-9-8-12-23(21)25/h8-9,12-13,17-18,20,22,24H,5-7,10-11,14-16H2,1-4H3,(H,31,35)(H,32,36)(H,37,38)/t20-,24-/m1/s1. The van der Waals surface area contributed by atoms with Gasteiger partial charge < -0.3 is 24.7 Å². The molecule has 2 atom stereocenters. The van der Waals surface area contributed by atoms with E-state index >= 15 is 0 Å². The van der Waals surface area contributed by atoms with Gasteiger partial charge in [-0.05, 0) is 43.7 Å². The van der Waals surface area contributed by atoms with E-state index in [0.717, 1.165) is 42.1 Å². The lowest BCUT2D eigenvalue weighted by atomic mass is 9.91. The summed E-state index contributed by atoms with van der Waals surface area (Å²) < 4.78 is 7.80. The van der Waals surface area contributed by atoms with Gasteiger partial charge >= 0.3 is 5.97 Å². The molecular formula is C30H40N4O5. The number of aromatic carboxylic acids is 1. The molecule has 2 amide bonds. The van der Waals surface area contributed by atoms with Crippen LogP contribution in [0.3, 0.4) is 0 Å². The molecule has 9 heteroatoms. The van der Waals surface area contributed by atoms with E-state index in [9.17, 15) is 19.5 Å². The number of benzene rings is 1. The first-order chi connectivity index (χ1) is 18.6. The summed E-state index contributed by atoms with van der Waals surface area (Å²) in [5, 5.41) is 16.8. The minimum absolute atomic E-state index is 0.103. The van der Waals surface area contributed by atoms with Gasteiger partial charge in [0.05, 0.1) is 0 Å². The lowest BCUT2D eigenvalue weighted by molar-refractivity contribution is -0.131. The monoisotopic (exact) mass is 536 g/mol. The molecule has 0 unspecified atom stereocenters. The second-order valence-electron chi connectivity index (χ2n) is 11.2. The molecule has 3 aromatic rings. The number of rotatable bonds is 11. The number of aryl methyl sites for hydroxylation is 2. The van der Waals surface area contributed by atoms with Crippen molar-refractivity contribution in [3.63, 3.8) is 0 Å². The molecule has 0 spiro atoms. The Kier molecular flexibility index (Phi) is 9.09. The Morgan fingerprint density at radius 2 is 1.87 bits per heavy atom. The highest BCUT2D eigenvalue weighted by Gasteiger charge is 2.30. The highest BCUT2D eigenvalue weighted by atomic mass is 16.4. The van der Waals surface area contributed by atoms with Crippen molar-refractivity contribution in [2.24, 2.45) is 18.9 Å². The first-order valence-electron chi connectivity index (χ1n) is 14.0. The van der Waals surface area contributed by atoms with Gasteiger partial charge in [0.2, 0.25) is 17.7 Å². The molecule has 1 fully saturated rings. The zero-order valence-electron chi connectivity index (χ0n) is 23.3. The zero-order chi connectivity index (χ0) is 28.1. The number of hydrogen-bond donors (Lipinski definition) is 3. The van der Waals surface area contributed by atoms with E-state index in [-0.39, 0.29) is 47.5 Å². The van der Waals surface area contributed by atoms with Gasteiger partial charge in [-0.1, -0.05) is 51.3 Å². The van der Waals surface area contributed by atoms with Crippen LogP contribution in [0.5, 0.6) is 0 Å². The van der Waals surface area contributed by atoms with Gasteiger partial charge in [-0.3, -0.25) is 9.59 Å². The number of hydrogen-bond acceptors (Lipinski definition) is 5. The van der Waals surface area contributed by atoms with Crippen molar-refractivity contribution in [2.75, 3.05) is 0 Å². The number of aromatic nitrogens is 2.